The van der Waals surface area contributed by atoms with Crippen molar-refractivity contribution < 1.29 is 4.42 Å². The second kappa shape index (κ2) is 5.69. The Kier molecular flexibility index (Phi) is 3.32. The van der Waals surface area contributed by atoms with E-state index in [0.717, 1.165) is 16.0 Å². The van der Waals surface area contributed by atoms with Crippen molar-refractivity contribution >= 4 is 35.9 Å². The van der Waals surface area contributed by atoms with E-state index in [4.69, 9.17) is 4.42 Å². The Morgan fingerprint density at radius 3 is 2.77 bits per heavy atom. The Bertz CT molecular complexity index is 1110. The zero-order chi connectivity index (χ0) is 17.7. The molecule has 0 unspecified atom stereocenters. The monoisotopic (exact) mass is 342 g/mol. The van der Waals surface area contributed by atoms with Gasteiger partial charge in [-0.2, -0.15) is 0 Å². The molecule has 0 saturated carbocycles. The lowest BCUT2D eigenvalue weighted by atomic mass is 9.70. The molecule has 5 rings (SSSR count). The molecule has 0 fully saturated rings. The van der Waals surface area contributed by atoms with E-state index >= 15 is 0 Å². The molecule has 2 aliphatic rings. The number of anilines is 1. The van der Waals surface area contributed by atoms with Crippen LogP contribution < -0.4 is 15.5 Å². The van der Waals surface area contributed by atoms with Crippen molar-refractivity contribution in [2.45, 2.75) is 13.1 Å². The van der Waals surface area contributed by atoms with Gasteiger partial charge >= 0.3 is 6.98 Å². The first-order valence-corrected chi connectivity index (χ1v) is 8.81. The summed E-state index contributed by atoms with van der Waals surface area (Å²) in [5, 5.41) is 2.18. The molecule has 1 aromatic carbocycles. The lowest BCUT2D eigenvalue weighted by Gasteiger charge is -2.36. The van der Waals surface area contributed by atoms with Crippen LogP contribution in [0, 0.1) is 0 Å². The Balaban J connectivity index is 1.54. The minimum atomic E-state index is 0.114. The van der Waals surface area contributed by atoms with Crippen LogP contribution in [0.25, 0.3) is 23.3 Å². The summed E-state index contributed by atoms with van der Waals surface area (Å²) < 4.78 is 5.90. The van der Waals surface area contributed by atoms with Crippen molar-refractivity contribution in [1.82, 2.24) is 14.6 Å². The second-order valence-corrected chi connectivity index (χ2v) is 6.73. The lowest BCUT2D eigenvalue weighted by Crippen LogP contribution is -2.54. The number of benzene rings is 1. The molecule has 2 aromatic heterocycles. The number of pyridine rings is 1. The summed E-state index contributed by atoms with van der Waals surface area (Å²) in [5.74, 6) is 2.26. The highest BCUT2D eigenvalue weighted by Crippen LogP contribution is 2.26. The Morgan fingerprint density at radius 2 is 1.92 bits per heavy atom. The highest BCUT2D eigenvalue weighted by Gasteiger charge is 2.34. The third kappa shape index (κ3) is 2.22. The van der Waals surface area contributed by atoms with Gasteiger partial charge in [0.25, 0.3) is 0 Å². The predicted octanol–water partition coefficient (Wildman–Crippen LogP) is 1.96. The van der Waals surface area contributed by atoms with Gasteiger partial charge in [0.1, 0.15) is 0 Å². The molecule has 26 heavy (non-hydrogen) atoms. The van der Waals surface area contributed by atoms with E-state index in [-0.39, 0.29) is 13.1 Å². The number of hydrogen-bond donors (Lipinski definition) is 0. The molecular weight excluding hydrogens is 323 g/mol. The van der Waals surface area contributed by atoms with Gasteiger partial charge in [0, 0.05) is 41.1 Å². The van der Waals surface area contributed by atoms with Gasteiger partial charge < -0.3 is 18.9 Å². The smallest absolute Gasteiger partial charge is 0.405 e. The van der Waals surface area contributed by atoms with Crippen molar-refractivity contribution in [1.29, 1.82) is 0 Å². The van der Waals surface area contributed by atoms with Crippen molar-refractivity contribution in [3.05, 3.63) is 71.7 Å². The molecule has 0 saturated heterocycles. The number of nitrogens with zero attached hydrogens (tertiary/aromatic N) is 4. The van der Waals surface area contributed by atoms with E-state index in [2.05, 4.69) is 88.4 Å². The normalized spacial score (nSPS) is 18.9. The fourth-order valence-corrected chi connectivity index (χ4v) is 3.81. The third-order valence-electron chi connectivity index (χ3n) is 5.18. The average molecular weight is 342 g/mol. The largest absolute Gasteiger partial charge is 0.436 e. The van der Waals surface area contributed by atoms with Crippen molar-refractivity contribution in [3.8, 4) is 0 Å². The average Bonchev–Trinajstić information content (AvgIpc) is 3.21. The summed E-state index contributed by atoms with van der Waals surface area (Å²) in [4.78, 5) is 11.2. The van der Waals surface area contributed by atoms with Crippen LogP contribution >= 0.6 is 0 Å². The van der Waals surface area contributed by atoms with E-state index in [9.17, 15) is 0 Å². The SMILES string of the molecule is C[C@@H]1N(B2C=c3c(oc4ncccc34)=CN2C)C=CN1c1ccccc1. The summed E-state index contributed by atoms with van der Waals surface area (Å²) in [6, 6.07) is 14.5. The van der Waals surface area contributed by atoms with Crippen molar-refractivity contribution in [2.24, 2.45) is 0 Å². The minimum Gasteiger partial charge on any atom is -0.436 e. The molecule has 4 heterocycles. The number of fused-ring (bicyclic) bond motifs is 3. The minimum absolute atomic E-state index is 0.114. The fraction of sp³-hybridized carbons (Fsp3) is 0.150. The van der Waals surface area contributed by atoms with Crippen LogP contribution in [0.1, 0.15) is 6.92 Å². The first kappa shape index (κ1) is 15.1. The molecule has 6 heteroatoms. The zero-order valence-electron chi connectivity index (χ0n) is 14.8. The van der Waals surface area contributed by atoms with E-state index in [1.165, 1.54) is 5.69 Å². The lowest BCUT2D eigenvalue weighted by molar-refractivity contribution is 0.450. The van der Waals surface area contributed by atoms with Crippen LogP contribution in [0.3, 0.4) is 0 Å². The summed E-state index contributed by atoms with van der Waals surface area (Å²) >= 11 is 0. The summed E-state index contributed by atoms with van der Waals surface area (Å²) in [6.45, 7) is 2.34. The van der Waals surface area contributed by atoms with Gasteiger partial charge in [-0.05, 0) is 38.2 Å². The number of hydrogen-bond acceptors (Lipinski definition) is 5. The van der Waals surface area contributed by atoms with Crippen LogP contribution in [0.4, 0.5) is 5.69 Å². The molecule has 0 spiro atoms. The number of para-hydroxylation sites is 1. The molecule has 0 aliphatic carbocycles. The standard InChI is InChI=1S/C20H19BN4O/c1-15-24(16-7-4-3-5-8-16)11-12-25(15)21-13-18-17-9-6-10-22-20(17)26-19(18)14-23(21)2/h3-15H,1-2H3/t15-/m0/s1. The van der Waals surface area contributed by atoms with Gasteiger partial charge in [-0.3, -0.25) is 0 Å². The Hall–Kier alpha value is -3.15. The molecule has 5 nitrogen and oxygen atoms in total. The van der Waals surface area contributed by atoms with Crippen molar-refractivity contribution in [2.75, 3.05) is 11.9 Å². The predicted molar refractivity (Wildman–Crippen MR) is 105 cm³/mol. The van der Waals surface area contributed by atoms with Crippen LogP contribution in [-0.2, 0) is 0 Å². The molecule has 2 aliphatic heterocycles. The molecular formula is C20H19BN4O. The van der Waals surface area contributed by atoms with Gasteiger partial charge in [-0.15, -0.1) is 0 Å². The molecule has 3 aromatic rings. The van der Waals surface area contributed by atoms with E-state index in [1.807, 2.05) is 12.1 Å². The molecule has 0 amide bonds. The topological polar surface area (TPSA) is 35.8 Å². The van der Waals surface area contributed by atoms with Gasteiger partial charge in [-0.1, -0.05) is 24.2 Å². The maximum absolute atomic E-state index is 5.90. The second-order valence-electron chi connectivity index (χ2n) is 6.73. The van der Waals surface area contributed by atoms with E-state index in [1.54, 1.807) is 6.20 Å². The van der Waals surface area contributed by atoms with Crippen LogP contribution in [0.5, 0.6) is 0 Å². The van der Waals surface area contributed by atoms with E-state index < -0.39 is 0 Å². The van der Waals surface area contributed by atoms with Gasteiger partial charge in [0.15, 0.2) is 5.42 Å². The zero-order valence-corrected chi connectivity index (χ0v) is 14.8. The molecule has 128 valence electrons. The highest BCUT2D eigenvalue weighted by atomic mass is 16.3. The quantitative estimate of drug-likeness (QED) is 0.666. The van der Waals surface area contributed by atoms with Crippen LogP contribution in [0.2, 0.25) is 0 Å². The van der Waals surface area contributed by atoms with Gasteiger partial charge in [-0.25, -0.2) is 4.98 Å². The third-order valence-corrected chi connectivity index (χ3v) is 5.18. The number of furan rings is 1. The first-order chi connectivity index (χ1) is 12.7. The van der Waals surface area contributed by atoms with Crippen LogP contribution in [0.15, 0.2) is 65.5 Å². The Labute approximate surface area is 152 Å². The number of rotatable bonds is 2. The molecule has 0 radical (unpaired) electrons. The number of aromatic nitrogens is 1. The maximum Gasteiger partial charge on any atom is 0.405 e. The maximum atomic E-state index is 5.90. The Morgan fingerprint density at radius 1 is 1.08 bits per heavy atom. The highest BCUT2D eigenvalue weighted by molar-refractivity contribution is 6.69. The molecule has 1 atom stereocenters. The molecule has 0 N–H and O–H groups in total. The fourth-order valence-electron chi connectivity index (χ4n) is 3.81. The van der Waals surface area contributed by atoms with Gasteiger partial charge in [0.2, 0.25) is 5.71 Å². The first-order valence-electron chi connectivity index (χ1n) is 8.81. The van der Waals surface area contributed by atoms with Crippen LogP contribution in [-0.4, -0.2) is 34.8 Å². The summed E-state index contributed by atoms with van der Waals surface area (Å²) in [5.41, 5.74) is 2.75. The van der Waals surface area contributed by atoms with Gasteiger partial charge in [0.05, 0.1) is 6.17 Å². The van der Waals surface area contributed by atoms with Crippen molar-refractivity contribution in [3.63, 3.8) is 0 Å². The summed E-state index contributed by atoms with van der Waals surface area (Å²) in [6.07, 6.45) is 8.35. The molecule has 0 bridgehead atoms. The summed E-state index contributed by atoms with van der Waals surface area (Å²) in [7, 11) is 2.08. The van der Waals surface area contributed by atoms with E-state index in [0.29, 0.717) is 5.71 Å².